The van der Waals surface area contributed by atoms with E-state index in [1.54, 1.807) is 0 Å². The van der Waals surface area contributed by atoms with Crippen molar-refractivity contribution in [1.82, 2.24) is 9.80 Å². The molecule has 0 amide bonds. The van der Waals surface area contributed by atoms with Crippen molar-refractivity contribution in [3.05, 3.63) is 60.2 Å². The summed E-state index contributed by atoms with van der Waals surface area (Å²) in [5.74, 6) is 0. The van der Waals surface area contributed by atoms with Crippen molar-refractivity contribution < 1.29 is 0 Å². The maximum atomic E-state index is 2.46. The molecule has 0 N–H and O–H groups in total. The molecule has 1 unspecified atom stereocenters. The third-order valence-corrected chi connectivity index (χ3v) is 4.25. The van der Waals surface area contributed by atoms with Crippen LogP contribution in [-0.4, -0.2) is 43.5 Å². The van der Waals surface area contributed by atoms with Gasteiger partial charge in [-0.1, -0.05) is 54.6 Å². The van der Waals surface area contributed by atoms with Gasteiger partial charge in [-0.05, 0) is 30.8 Å². The van der Waals surface area contributed by atoms with Crippen LogP contribution < -0.4 is 0 Å². The lowest BCUT2D eigenvalue weighted by Crippen LogP contribution is -2.44. The molecule has 2 heteroatoms. The molecule has 1 aliphatic rings. The number of piperazine rings is 1. The first-order valence-corrected chi connectivity index (χ1v) is 7.28. The molecule has 0 aliphatic carbocycles. The summed E-state index contributed by atoms with van der Waals surface area (Å²) in [5, 5.41) is 0. The number of rotatable bonds is 2. The molecule has 3 rings (SSSR count). The van der Waals surface area contributed by atoms with Gasteiger partial charge < -0.3 is 4.90 Å². The van der Waals surface area contributed by atoms with Gasteiger partial charge in [-0.25, -0.2) is 0 Å². The molecule has 1 saturated heterocycles. The van der Waals surface area contributed by atoms with Crippen LogP contribution in [0.4, 0.5) is 0 Å². The molecule has 104 valence electrons. The van der Waals surface area contributed by atoms with Gasteiger partial charge in [-0.3, -0.25) is 4.90 Å². The molecule has 1 fully saturated rings. The van der Waals surface area contributed by atoms with Crippen LogP contribution in [0, 0.1) is 0 Å². The van der Waals surface area contributed by atoms with E-state index in [-0.39, 0.29) is 0 Å². The minimum absolute atomic E-state index is 0.513. The summed E-state index contributed by atoms with van der Waals surface area (Å²) in [4.78, 5) is 4.87. The Morgan fingerprint density at radius 1 is 0.800 bits per heavy atom. The van der Waals surface area contributed by atoms with E-state index in [1.165, 1.54) is 16.7 Å². The highest BCUT2D eigenvalue weighted by Gasteiger charge is 2.23. The molecular formula is C18H22N2. The maximum absolute atomic E-state index is 2.46. The number of hydrogen-bond donors (Lipinski definition) is 0. The van der Waals surface area contributed by atoms with E-state index in [0.29, 0.717) is 6.04 Å². The summed E-state index contributed by atoms with van der Waals surface area (Å²) in [6.45, 7) is 3.41. The Morgan fingerprint density at radius 2 is 1.45 bits per heavy atom. The fraction of sp³-hybridized carbons (Fsp3) is 0.333. The first-order valence-electron chi connectivity index (χ1n) is 7.28. The second-order valence-corrected chi connectivity index (χ2v) is 5.75. The van der Waals surface area contributed by atoms with Crippen LogP contribution in [0.2, 0.25) is 0 Å². The van der Waals surface area contributed by atoms with Crippen molar-refractivity contribution in [3.63, 3.8) is 0 Å². The van der Waals surface area contributed by atoms with E-state index in [0.717, 1.165) is 19.6 Å². The molecule has 1 atom stereocenters. The van der Waals surface area contributed by atoms with Crippen LogP contribution >= 0.6 is 0 Å². The van der Waals surface area contributed by atoms with Crippen molar-refractivity contribution in [2.45, 2.75) is 6.04 Å². The van der Waals surface area contributed by atoms with Crippen LogP contribution in [-0.2, 0) is 0 Å². The van der Waals surface area contributed by atoms with Gasteiger partial charge >= 0.3 is 0 Å². The maximum Gasteiger partial charge on any atom is 0.0472 e. The van der Waals surface area contributed by atoms with Gasteiger partial charge in [0.05, 0.1) is 0 Å². The van der Waals surface area contributed by atoms with Crippen LogP contribution in [0.25, 0.3) is 11.1 Å². The zero-order chi connectivity index (χ0) is 13.9. The first-order chi connectivity index (χ1) is 9.74. The van der Waals surface area contributed by atoms with Gasteiger partial charge in [-0.15, -0.1) is 0 Å². The van der Waals surface area contributed by atoms with Crippen molar-refractivity contribution >= 4 is 0 Å². The zero-order valence-electron chi connectivity index (χ0n) is 12.3. The van der Waals surface area contributed by atoms with Crippen LogP contribution in [0.1, 0.15) is 11.6 Å². The predicted molar refractivity (Wildman–Crippen MR) is 84.7 cm³/mol. The standard InChI is InChI=1S/C18H22N2/c1-19-12-13-20(2)18(14-19)17-10-8-16(9-11-17)15-6-4-3-5-7-15/h3-11,18H,12-14H2,1-2H3. The first kappa shape index (κ1) is 13.3. The molecular weight excluding hydrogens is 244 g/mol. The second-order valence-electron chi connectivity index (χ2n) is 5.75. The Morgan fingerprint density at radius 3 is 2.15 bits per heavy atom. The summed E-state index contributed by atoms with van der Waals surface area (Å²) in [6, 6.07) is 20.1. The summed E-state index contributed by atoms with van der Waals surface area (Å²) in [6.07, 6.45) is 0. The molecule has 0 bridgehead atoms. The van der Waals surface area contributed by atoms with Crippen molar-refractivity contribution in [1.29, 1.82) is 0 Å². The molecule has 0 spiro atoms. The van der Waals surface area contributed by atoms with Gasteiger partial charge in [0.25, 0.3) is 0 Å². The van der Waals surface area contributed by atoms with E-state index >= 15 is 0 Å². The van der Waals surface area contributed by atoms with E-state index < -0.39 is 0 Å². The molecule has 0 saturated carbocycles. The minimum atomic E-state index is 0.513. The highest BCUT2D eigenvalue weighted by molar-refractivity contribution is 5.63. The van der Waals surface area contributed by atoms with Gasteiger partial charge in [0, 0.05) is 25.7 Å². The third kappa shape index (κ3) is 2.77. The number of likely N-dealkylation sites (N-methyl/N-ethyl adjacent to an activating group) is 2. The highest BCUT2D eigenvalue weighted by atomic mass is 15.3. The quantitative estimate of drug-likeness (QED) is 0.823. The summed E-state index contributed by atoms with van der Waals surface area (Å²) < 4.78 is 0. The lowest BCUT2D eigenvalue weighted by atomic mass is 9.99. The molecule has 1 heterocycles. The largest absolute Gasteiger partial charge is 0.303 e. The zero-order valence-corrected chi connectivity index (χ0v) is 12.3. The molecule has 1 aliphatic heterocycles. The Labute approximate surface area is 121 Å². The van der Waals surface area contributed by atoms with Gasteiger partial charge in [0.15, 0.2) is 0 Å². The van der Waals surface area contributed by atoms with E-state index in [9.17, 15) is 0 Å². The lowest BCUT2D eigenvalue weighted by molar-refractivity contribution is 0.115. The Balaban J connectivity index is 1.82. The second kappa shape index (κ2) is 5.78. The summed E-state index contributed by atoms with van der Waals surface area (Å²) in [7, 11) is 4.43. The monoisotopic (exact) mass is 266 g/mol. The topological polar surface area (TPSA) is 6.48 Å². The Kier molecular flexibility index (Phi) is 3.86. The number of nitrogens with zero attached hydrogens (tertiary/aromatic N) is 2. The SMILES string of the molecule is CN1CCN(C)C(c2ccc(-c3ccccc3)cc2)C1. The van der Waals surface area contributed by atoms with E-state index in [4.69, 9.17) is 0 Å². The van der Waals surface area contributed by atoms with Crippen LogP contribution in [0.15, 0.2) is 54.6 Å². The molecule has 0 aromatic heterocycles. The van der Waals surface area contributed by atoms with E-state index in [2.05, 4.69) is 78.5 Å². The summed E-state index contributed by atoms with van der Waals surface area (Å²) in [5.41, 5.74) is 3.99. The Bertz CT molecular complexity index is 547. The van der Waals surface area contributed by atoms with Gasteiger partial charge in [0.1, 0.15) is 0 Å². The highest BCUT2D eigenvalue weighted by Crippen LogP contribution is 2.26. The average Bonchev–Trinajstić information content (AvgIpc) is 2.51. The lowest BCUT2D eigenvalue weighted by Gasteiger charge is -2.38. The molecule has 20 heavy (non-hydrogen) atoms. The van der Waals surface area contributed by atoms with Crippen LogP contribution in [0.3, 0.4) is 0 Å². The van der Waals surface area contributed by atoms with E-state index in [1.807, 2.05) is 0 Å². The fourth-order valence-corrected chi connectivity index (χ4v) is 2.90. The molecule has 2 aromatic rings. The third-order valence-electron chi connectivity index (χ3n) is 4.25. The molecule has 2 aromatic carbocycles. The number of hydrogen-bond acceptors (Lipinski definition) is 2. The van der Waals surface area contributed by atoms with Crippen molar-refractivity contribution in [3.8, 4) is 11.1 Å². The minimum Gasteiger partial charge on any atom is -0.303 e. The van der Waals surface area contributed by atoms with Crippen molar-refractivity contribution in [2.75, 3.05) is 33.7 Å². The fourth-order valence-electron chi connectivity index (χ4n) is 2.90. The predicted octanol–water partition coefficient (Wildman–Crippen LogP) is 3.27. The normalized spacial score (nSPS) is 21.0. The summed E-state index contributed by atoms with van der Waals surface area (Å²) >= 11 is 0. The number of benzene rings is 2. The Hall–Kier alpha value is -1.64. The van der Waals surface area contributed by atoms with Crippen LogP contribution in [0.5, 0.6) is 0 Å². The van der Waals surface area contributed by atoms with Gasteiger partial charge in [-0.2, -0.15) is 0 Å². The molecule has 0 radical (unpaired) electrons. The van der Waals surface area contributed by atoms with Crippen molar-refractivity contribution in [2.24, 2.45) is 0 Å². The van der Waals surface area contributed by atoms with Gasteiger partial charge in [0.2, 0.25) is 0 Å². The average molecular weight is 266 g/mol. The smallest absolute Gasteiger partial charge is 0.0472 e. The molecule has 2 nitrogen and oxygen atoms in total.